The highest BCUT2D eigenvalue weighted by Crippen LogP contribution is 2.31. The highest BCUT2D eigenvalue weighted by atomic mass is 16.5. The molecule has 0 saturated carbocycles. The predicted molar refractivity (Wildman–Crippen MR) is 74.7 cm³/mol. The average Bonchev–Trinajstić information content (AvgIpc) is 2.47. The average molecular weight is 255 g/mol. The van der Waals surface area contributed by atoms with Gasteiger partial charge in [-0.15, -0.1) is 0 Å². The van der Waals surface area contributed by atoms with Gasteiger partial charge >= 0.3 is 0 Å². The van der Waals surface area contributed by atoms with Crippen molar-refractivity contribution >= 4 is 0 Å². The van der Waals surface area contributed by atoms with Crippen molar-refractivity contribution in [3.63, 3.8) is 0 Å². The van der Waals surface area contributed by atoms with Gasteiger partial charge in [0.15, 0.2) is 0 Å². The van der Waals surface area contributed by atoms with Gasteiger partial charge in [-0.25, -0.2) is 0 Å². The molecule has 2 fully saturated rings. The van der Waals surface area contributed by atoms with Crippen LogP contribution in [0.5, 0.6) is 0 Å². The second-order valence-corrected chi connectivity index (χ2v) is 5.69. The van der Waals surface area contributed by atoms with E-state index in [0.29, 0.717) is 6.04 Å². The third-order valence-corrected chi connectivity index (χ3v) is 4.92. The van der Waals surface area contributed by atoms with Gasteiger partial charge in [0.25, 0.3) is 0 Å². The van der Waals surface area contributed by atoms with E-state index in [1.165, 1.54) is 38.9 Å². The molecular formula is C14H29N3O. The fourth-order valence-corrected chi connectivity index (χ4v) is 3.51. The van der Waals surface area contributed by atoms with Crippen LogP contribution in [0.2, 0.25) is 0 Å². The van der Waals surface area contributed by atoms with E-state index in [0.717, 1.165) is 26.3 Å². The van der Waals surface area contributed by atoms with Crippen LogP contribution >= 0.6 is 0 Å². The molecule has 2 rings (SSSR count). The Morgan fingerprint density at radius 3 is 2.50 bits per heavy atom. The van der Waals surface area contributed by atoms with E-state index in [1.807, 2.05) is 0 Å². The van der Waals surface area contributed by atoms with E-state index in [4.69, 9.17) is 10.5 Å². The van der Waals surface area contributed by atoms with Crippen LogP contribution in [-0.4, -0.2) is 67.3 Å². The van der Waals surface area contributed by atoms with Crippen molar-refractivity contribution in [3.05, 3.63) is 0 Å². The van der Waals surface area contributed by atoms with E-state index in [9.17, 15) is 0 Å². The molecule has 1 unspecified atom stereocenters. The first-order chi connectivity index (χ1) is 8.75. The summed E-state index contributed by atoms with van der Waals surface area (Å²) in [5, 5.41) is 0. The van der Waals surface area contributed by atoms with Gasteiger partial charge in [-0.2, -0.15) is 0 Å². The molecule has 0 aromatic heterocycles. The number of hydrogen-bond donors (Lipinski definition) is 1. The van der Waals surface area contributed by atoms with E-state index >= 15 is 0 Å². The Kier molecular flexibility index (Phi) is 5.01. The Balaban J connectivity index is 2.06. The third-order valence-electron chi connectivity index (χ3n) is 4.92. The molecular weight excluding hydrogens is 226 g/mol. The lowest BCUT2D eigenvalue weighted by Gasteiger charge is -2.52. The second kappa shape index (κ2) is 6.33. The summed E-state index contributed by atoms with van der Waals surface area (Å²) in [6.45, 7) is 11.7. The van der Waals surface area contributed by atoms with Crippen LogP contribution in [0.15, 0.2) is 0 Å². The first-order valence-corrected chi connectivity index (χ1v) is 7.52. The molecule has 2 aliphatic heterocycles. The van der Waals surface area contributed by atoms with Crippen molar-refractivity contribution < 1.29 is 4.74 Å². The van der Waals surface area contributed by atoms with Crippen LogP contribution in [-0.2, 0) is 4.74 Å². The standard InChI is InChI=1S/C14H29N3O/c1-3-13-11-18-10-9-17(13)14(12-15)5-7-16(4-2)8-6-14/h13H,3-12,15H2,1-2H3. The van der Waals surface area contributed by atoms with Crippen molar-refractivity contribution in [2.24, 2.45) is 5.73 Å². The Hall–Kier alpha value is -0.160. The fraction of sp³-hybridized carbons (Fsp3) is 1.00. The van der Waals surface area contributed by atoms with Crippen LogP contribution in [0.3, 0.4) is 0 Å². The zero-order valence-electron chi connectivity index (χ0n) is 12.0. The summed E-state index contributed by atoms with van der Waals surface area (Å²) in [5.41, 5.74) is 6.40. The minimum Gasteiger partial charge on any atom is -0.378 e. The van der Waals surface area contributed by atoms with Crippen molar-refractivity contribution in [1.29, 1.82) is 0 Å². The summed E-state index contributed by atoms with van der Waals surface area (Å²) in [5.74, 6) is 0. The summed E-state index contributed by atoms with van der Waals surface area (Å²) in [4.78, 5) is 5.21. The SMILES string of the molecule is CCC1COCCN1C1(CN)CCN(CC)CC1. The summed E-state index contributed by atoms with van der Waals surface area (Å²) >= 11 is 0. The monoisotopic (exact) mass is 255 g/mol. The Morgan fingerprint density at radius 2 is 1.94 bits per heavy atom. The maximum absolute atomic E-state index is 6.17. The van der Waals surface area contributed by atoms with Gasteiger partial charge in [0.1, 0.15) is 0 Å². The molecule has 106 valence electrons. The Bertz CT molecular complexity index is 251. The van der Waals surface area contributed by atoms with Gasteiger partial charge in [-0.3, -0.25) is 4.90 Å². The highest BCUT2D eigenvalue weighted by Gasteiger charge is 2.42. The first kappa shape index (κ1) is 14.3. The molecule has 0 aromatic carbocycles. The van der Waals surface area contributed by atoms with E-state index in [-0.39, 0.29) is 5.54 Å². The van der Waals surface area contributed by atoms with Crippen molar-refractivity contribution in [1.82, 2.24) is 9.80 Å². The largest absolute Gasteiger partial charge is 0.378 e. The van der Waals surface area contributed by atoms with Gasteiger partial charge in [-0.05, 0) is 38.9 Å². The molecule has 2 N–H and O–H groups in total. The quantitative estimate of drug-likeness (QED) is 0.811. The van der Waals surface area contributed by atoms with Gasteiger partial charge in [-0.1, -0.05) is 13.8 Å². The van der Waals surface area contributed by atoms with Crippen molar-refractivity contribution in [2.75, 3.05) is 45.9 Å². The van der Waals surface area contributed by atoms with Crippen LogP contribution in [0.4, 0.5) is 0 Å². The molecule has 4 heteroatoms. The zero-order valence-corrected chi connectivity index (χ0v) is 12.0. The molecule has 0 radical (unpaired) electrons. The van der Waals surface area contributed by atoms with Crippen LogP contribution in [0.1, 0.15) is 33.1 Å². The number of ether oxygens (including phenoxy) is 1. The second-order valence-electron chi connectivity index (χ2n) is 5.69. The normalized spacial score (nSPS) is 30.5. The lowest BCUT2D eigenvalue weighted by molar-refractivity contribution is -0.0821. The van der Waals surface area contributed by atoms with Gasteiger partial charge in [0, 0.05) is 24.7 Å². The minimum atomic E-state index is 0.232. The molecule has 1 atom stereocenters. The smallest absolute Gasteiger partial charge is 0.0622 e. The molecule has 0 spiro atoms. The van der Waals surface area contributed by atoms with E-state index < -0.39 is 0 Å². The number of piperidine rings is 1. The van der Waals surface area contributed by atoms with E-state index in [1.54, 1.807) is 0 Å². The molecule has 0 aromatic rings. The Labute approximate surface area is 111 Å². The summed E-state index contributed by atoms with van der Waals surface area (Å²) < 4.78 is 5.63. The maximum Gasteiger partial charge on any atom is 0.0622 e. The summed E-state index contributed by atoms with van der Waals surface area (Å²) in [7, 11) is 0. The van der Waals surface area contributed by atoms with Crippen LogP contribution in [0, 0.1) is 0 Å². The highest BCUT2D eigenvalue weighted by molar-refractivity contribution is 4.99. The topological polar surface area (TPSA) is 41.7 Å². The lowest BCUT2D eigenvalue weighted by Crippen LogP contribution is -2.64. The number of morpholine rings is 1. The van der Waals surface area contributed by atoms with Gasteiger partial charge in [0.05, 0.1) is 13.2 Å². The number of rotatable bonds is 4. The Morgan fingerprint density at radius 1 is 1.22 bits per heavy atom. The lowest BCUT2D eigenvalue weighted by atomic mass is 9.83. The molecule has 2 saturated heterocycles. The van der Waals surface area contributed by atoms with Gasteiger partial charge < -0.3 is 15.4 Å². The van der Waals surface area contributed by atoms with Crippen LogP contribution in [0.25, 0.3) is 0 Å². The predicted octanol–water partition coefficient (Wildman–Crippen LogP) is 0.910. The molecule has 4 nitrogen and oxygen atoms in total. The van der Waals surface area contributed by atoms with Crippen molar-refractivity contribution in [2.45, 2.75) is 44.7 Å². The fourth-order valence-electron chi connectivity index (χ4n) is 3.51. The molecule has 0 aliphatic carbocycles. The number of likely N-dealkylation sites (tertiary alicyclic amines) is 1. The third kappa shape index (κ3) is 2.72. The first-order valence-electron chi connectivity index (χ1n) is 7.52. The molecule has 2 heterocycles. The zero-order chi connectivity index (χ0) is 13.0. The van der Waals surface area contributed by atoms with Crippen molar-refractivity contribution in [3.8, 4) is 0 Å². The van der Waals surface area contributed by atoms with E-state index in [2.05, 4.69) is 23.6 Å². The number of nitrogens with two attached hydrogens (primary N) is 1. The van der Waals surface area contributed by atoms with Gasteiger partial charge in [0.2, 0.25) is 0 Å². The maximum atomic E-state index is 6.17. The number of nitrogens with zero attached hydrogens (tertiary/aromatic N) is 2. The van der Waals surface area contributed by atoms with Crippen LogP contribution < -0.4 is 5.73 Å². The molecule has 18 heavy (non-hydrogen) atoms. The minimum absolute atomic E-state index is 0.232. The summed E-state index contributed by atoms with van der Waals surface area (Å²) in [6.07, 6.45) is 3.60. The number of hydrogen-bond acceptors (Lipinski definition) is 4. The molecule has 0 amide bonds. The summed E-state index contributed by atoms with van der Waals surface area (Å²) in [6, 6.07) is 0.565. The molecule has 2 aliphatic rings. The molecule has 0 bridgehead atoms.